The van der Waals surface area contributed by atoms with E-state index in [0.29, 0.717) is 5.69 Å². The minimum Gasteiger partial charge on any atom is -0.339 e. The maximum absolute atomic E-state index is 13.2. The minimum atomic E-state index is -4.49. The van der Waals surface area contributed by atoms with E-state index in [2.05, 4.69) is 20.9 Å². The fourth-order valence-electron chi connectivity index (χ4n) is 3.39. The van der Waals surface area contributed by atoms with Crippen LogP contribution in [0, 0.1) is 5.82 Å². The summed E-state index contributed by atoms with van der Waals surface area (Å²) in [6, 6.07) is 17.9. The summed E-state index contributed by atoms with van der Waals surface area (Å²) in [6.45, 7) is 0. The molecule has 37 heavy (non-hydrogen) atoms. The molecule has 11 heteroatoms. The normalized spacial score (nSPS) is 12.0. The summed E-state index contributed by atoms with van der Waals surface area (Å²) >= 11 is 1.03. The SMILES string of the molecule is O=C(N[C@@H](Cc1ccccc1)C(=O)Nc1ccc(F)cc1)c1csc(Nc2cccc(C(F)(F)F)c2)n1. The zero-order chi connectivity index (χ0) is 26.4. The number of carbonyl (C=O) groups is 2. The molecule has 4 aromatic rings. The average Bonchev–Trinajstić information content (AvgIpc) is 3.34. The standard InChI is InChI=1S/C26H20F4N4O2S/c27-18-9-11-19(12-10-18)31-23(35)21(13-16-5-2-1-3-6-16)33-24(36)22-15-37-25(34-22)32-20-8-4-7-17(14-20)26(28,29)30/h1-12,14-15,21H,13H2,(H,31,35)(H,32,34)(H,33,36)/t21-/m0/s1. The zero-order valence-corrected chi connectivity index (χ0v) is 19.9. The number of carbonyl (C=O) groups excluding carboxylic acids is 2. The van der Waals surface area contributed by atoms with Gasteiger partial charge in [0.15, 0.2) is 5.13 Å². The molecule has 0 spiro atoms. The van der Waals surface area contributed by atoms with Crippen LogP contribution in [0.5, 0.6) is 0 Å². The van der Waals surface area contributed by atoms with Crippen LogP contribution in [-0.2, 0) is 17.4 Å². The molecule has 0 saturated heterocycles. The molecule has 1 heterocycles. The van der Waals surface area contributed by atoms with Crippen LogP contribution in [0.25, 0.3) is 0 Å². The number of hydrogen-bond acceptors (Lipinski definition) is 5. The van der Waals surface area contributed by atoms with Gasteiger partial charge in [0.2, 0.25) is 5.91 Å². The molecule has 2 amide bonds. The molecule has 0 radical (unpaired) electrons. The van der Waals surface area contributed by atoms with Crippen LogP contribution in [0.3, 0.4) is 0 Å². The summed E-state index contributed by atoms with van der Waals surface area (Å²) in [4.78, 5) is 30.1. The van der Waals surface area contributed by atoms with Crippen LogP contribution >= 0.6 is 11.3 Å². The van der Waals surface area contributed by atoms with Gasteiger partial charge in [0.1, 0.15) is 17.6 Å². The zero-order valence-electron chi connectivity index (χ0n) is 19.1. The Morgan fingerprint density at radius 1 is 0.919 bits per heavy atom. The first kappa shape index (κ1) is 25.8. The Kier molecular flexibility index (Phi) is 7.83. The predicted octanol–water partition coefficient (Wildman–Crippen LogP) is 6.02. The molecular weight excluding hydrogens is 508 g/mol. The Labute approximate surface area is 213 Å². The third-order valence-electron chi connectivity index (χ3n) is 5.19. The number of aromatic nitrogens is 1. The molecule has 0 aliphatic rings. The van der Waals surface area contributed by atoms with Crippen molar-refractivity contribution in [3.05, 3.63) is 107 Å². The molecule has 190 valence electrons. The Balaban J connectivity index is 1.47. The van der Waals surface area contributed by atoms with Crippen molar-refractivity contribution in [3.63, 3.8) is 0 Å². The van der Waals surface area contributed by atoms with Gasteiger partial charge in [0.25, 0.3) is 5.91 Å². The summed E-state index contributed by atoms with van der Waals surface area (Å²) in [6.07, 6.45) is -4.31. The van der Waals surface area contributed by atoms with Crippen molar-refractivity contribution in [2.24, 2.45) is 0 Å². The summed E-state index contributed by atoms with van der Waals surface area (Å²) in [7, 11) is 0. The van der Waals surface area contributed by atoms with Gasteiger partial charge in [0, 0.05) is 23.2 Å². The monoisotopic (exact) mass is 528 g/mol. The fraction of sp³-hybridized carbons (Fsp3) is 0.115. The van der Waals surface area contributed by atoms with Crippen LogP contribution in [0.1, 0.15) is 21.6 Å². The van der Waals surface area contributed by atoms with Gasteiger partial charge in [0.05, 0.1) is 5.56 Å². The van der Waals surface area contributed by atoms with Gasteiger partial charge in [-0.15, -0.1) is 11.3 Å². The highest BCUT2D eigenvalue weighted by Gasteiger charge is 2.30. The summed E-state index contributed by atoms with van der Waals surface area (Å²) in [5.74, 6) is -1.60. The topological polar surface area (TPSA) is 83.1 Å². The molecule has 6 nitrogen and oxygen atoms in total. The smallest absolute Gasteiger partial charge is 0.339 e. The first-order valence-corrected chi connectivity index (χ1v) is 11.9. The van der Waals surface area contributed by atoms with Crippen LogP contribution in [0.2, 0.25) is 0 Å². The number of anilines is 3. The van der Waals surface area contributed by atoms with Crippen molar-refractivity contribution in [2.75, 3.05) is 10.6 Å². The third-order valence-corrected chi connectivity index (χ3v) is 5.95. The summed E-state index contributed by atoms with van der Waals surface area (Å²) in [5, 5.41) is 9.72. The van der Waals surface area contributed by atoms with E-state index in [1.54, 1.807) is 12.1 Å². The lowest BCUT2D eigenvalue weighted by molar-refractivity contribution is -0.137. The van der Waals surface area contributed by atoms with Gasteiger partial charge in [-0.25, -0.2) is 9.37 Å². The van der Waals surface area contributed by atoms with Crippen LogP contribution in [0.15, 0.2) is 84.2 Å². The Bertz CT molecular complexity index is 1380. The van der Waals surface area contributed by atoms with Gasteiger partial charge in [-0.3, -0.25) is 9.59 Å². The molecule has 1 atom stereocenters. The van der Waals surface area contributed by atoms with Crippen molar-refractivity contribution >= 4 is 39.7 Å². The van der Waals surface area contributed by atoms with Gasteiger partial charge in [-0.1, -0.05) is 36.4 Å². The lowest BCUT2D eigenvalue weighted by Crippen LogP contribution is -2.45. The molecule has 3 aromatic carbocycles. The molecule has 0 aliphatic carbocycles. The number of rotatable bonds is 8. The highest BCUT2D eigenvalue weighted by atomic mass is 32.1. The van der Waals surface area contributed by atoms with Crippen molar-refractivity contribution in [1.29, 1.82) is 0 Å². The third kappa shape index (κ3) is 7.14. The summed E-state index contributed by atoms with van der Waals surface area (Å²) < 4.78 is 52.1. The van der Waals surface area contributed by atoms with Crippen molar-refractivity contribution in [1.82, 2.24) is 10.3 Å². The minimum absolute atomic E-state index is 0.00730. The van der Waals surface area contributed by atoms with Crippen molar-refractivity contribution < 1.29 is 27.2 Å². The molecule has 4 rings (SSSR count). The van der Waals surface area contributed by atoms with Crippen LogP contribution in [-0.4, -0.2) is 22.8 Å². The van der Waals surface area contributed by atoms with E-state index in [1.807, 2.05) is 18.2 Å². The lowest BCUT2D eigenvalue weighted by Gasteiger charge is -2.18. The van der Waals surface area contributed by atoms with E-state index < -0.39 is 35.4 Å². The van der Waals surface area contributed by atoms with Crippen LogP contribution < -0.4 is 16.0 Å². The Morgan fingerprint density at radius 2 is 1.65 bits per heavy atom. The number of nitrogens with one attached hydrogen (secondary N) is 3. The van der Waals surface area contributed by atoms with Gasteiger partial charge in [-0.05, 0) is 48.0 Å². The second kappa shape index (κ2) is 11.2. The molecule has 0 saturated carbocycles. The quantitative estimate of drug-likeness (QED) is 0.244. The maximum Gasteiger partial charge on any atom is 0.416 e. The highest BCUT2D eigenvalue weighted by Crippen LogP contribution is 2.31. The second-order valence-corrected chi connectivity index (χ2v) is 8.81. The Morgan fingerprint density at radius 3 is 2.35 bits per heavy atom. The largest absolute Gasteiger partial charge is 0.416 e. The van der Waals surface area contributed by atoms with E-state index >= 15 is 0 Å². The molecule has 3 N–H and O–H groups in total. The molecule has 0 unspecified atom stereocenters. The van der Waals surface area contributed by atoms with Gasteiger partial charge >= 0.3 is 6.18 Å². The van der Waals surface area contributed by atoms with Crippen molar-refractivity contribution in [2.45, 2.75) is 18.6 Å². The lowest BCUT2D eigenvalue weighted by atomic mass is 10.0. The number of alkyl halides is 3. The predicted molar refractivity (Wildman–Crippen MR) is 133 cm³/mol. The fourth-order valence-corrected chi connectivity index (χ4v) is 4.10. The number of thiazole rings is 1. The molecule has 0 aliphatic heterocycles. The molecule has 0 bridgehead atoms. The van der Waals surface area contributed by atoms with E-state index in [-0.39, 0.29) is 22.9 Å². The van der Waals surface area contributed by atoms with Gasteiger partial charge < -0.3 is 16.0 Å². The maximum atomic E-state index is 13.2. The summed E-state index contributed by atoms with van der Waals surface area (Å²) in [5.41, 5.74) is 0.499. The molecular formula is C26H20F4N4O2S. The van der Waals surface area contributed by atoms with E-state index in [0.717, 1.165) is 29.0 Å². The Hall–Kier alpha value is -4.25. The first-order valence-electron chi connectivity index (χ1n) is 11.0. The number of amides is 2. The second-order valence-electron chi connectivity index (χ2n) is 7.95. The average molecular weight is 529 g/mol. The number of nitrogens with zero attached hydrogens (tertiary/aromatic N) is 1. The van der Waals surface area contributed by atoms with E-state index in [1.165, 1.54) is 41.8 Å². The first-order chi connectivity index (χ1) is 17.7. The van der Waals surface area contributed by atoms with Gasteiger partial charge in [-0.2, -0.15) is 13.2 Å². The molecule has 0 fully saturated rings. The number of hydrogen-bond donors (Lipinski definition) is 3. The number of halogens is 4. The van der Waals surface area contributed by atoms with E-state index in [9.17, 15) is 27.2 Å². The van der Waals surface area contributed by atoms with Crippen molar-refractivity contribution in [3.8, 4) is 0 Å². The number of benzene rings is 3. The van der Waals surface area contributed by atoms with E-state index in [4.69, 9.17) is 0 Å². The van der Waals surface area contributed by atoms with Crippen LogP contribution in [0.4, 0.5) is 34.1 Å². The molecule has 1 aromatic heterocycles. The highest BCUT2D eigenvalue weighted by molar-refractivity contribution is 7.14.